The van der Waals surface area contributed by atoms with Crippen LogP contribution in [0.1, 0.15) is 44.6 Å². The van der Waals surface area contributed by atoms with Crippen molar-refractivity contribution in [3.05, 3.63) is 84.4 Å². The predicted molar refractivity (Wildman–Crippen MR) is 158 cm³/mol. The normalized spacial score (nSPS) is 16.3. The number of amidine groups is 1. The van der Waals surface area contributed by atoms with Gasteiger partial charge in [-0.05, 0) is 60.5 Å². The van der Waals surface area contributed by atoms with Gasteiger partial charge in [-0.25, -0.2) is 4.99 Å². The molecule has 0 aromatic heterocycles. The molecular weight excluding hydrogens is 510 g/mol. The lowest BCUT2D eigenvalue weighted by Crippen LogP contribution is -2.44. The molecule has 0 bridgehead atoms. The Morgan fingerprint density at radius 2 is 1.69 bits per heavy atom. The third kappa shape index (κ3) is 8.35. The summed E-state index contributed by atoms with van der Waals surface area (Å²) in [5, 5.41) is 2.85. The first-order valence-electron chi connectivity index (χ1n) is 13.3. The van der Waals surface area contributed by atoms with Gasteiger partial charge in [-0.1, -0.05) is 68.3 Å². The molecule has 1 unspecified atom stereocenters. The van der Waals surface area contributed by atoms with Gasteiger partial charge in [0.05, 0.1) is 25.9 Å². The van der Waals surface area contributed by atoms with E-state index in [0.29, 0.717) is 24.0 Å². The van der Waals surface area contributed by atoms with Crippen LogP contribution in [-0.4, -0.2) is 40.8 Å². The Bertz CT molecular complexity index is 1250. The first kappa shape index (κ1) is 28.2. The van der Waals surface area contributed by atoms with E-state index in [-0.39, 0.29) is 18.2 Å². The lowest BCUT2D eigenvalue weighted by atomic mass is 10.2. The second-order valence-corrected chi connectivity index (χ2v) is 10.5. The summed E-state index contributed by atoms with van der Waals surface area (Å²) >= 11 is 1.31. The Morgan fingerprint density at radius 1 is 0.974 bits per heavy atom. The van der Waals surface area contributed by atoms with Crippen LogP contribution in [-0.2, 0) is 16.1 Å². The van der Waals surface area contributed by atoms with Crippen molar-refractivity contribution in [1.29, 1.82) is 0 Å². The summed E-state index contributed by atoms with van der Waals surface area (Å²) in [7, 11) is 1.62. The van der Waals surface area contributed by atoms with E-state index in [1.54, 1.807) is 12.0 Å². The zero-order valence-corrected chi connectivity index (χ0v) is 23.3. The second-order valence-electron chi connectivity index (χ2n) is 9.29. The highest BCUT2D eigenvalue weighted by molar-refractivity contribution is 8.15. The highest BCUT2D eigenvalue weighted by Gasteiger charge is 2.36. The molecule has 7 nitrogen and oxygen atoms in total. The molecule has 204 valence electrons. The van der Waals surface area contributed by atoms with Crippen LogP contribution in [0.3, 0.4) is 0 Å². The number of thioether (sulfide) groups is 1. The molecule has 1 fully saturated rings. The van der Waals surface area contributed by atoms with Crippen LogP contribution in [0.4, 0.5) is 11.4 Å². The number of amides is 2. The van der Waals surface area contributed by atoms with Gasteiger partial charge in [-0.2, -0.15) is 0 Å². The summed E-state index contributed by atoms with van der Waals surface area (Å²) in [5.41, 5.74) is 2.33. The van der Waals surface area contributed by atoms with Crippen molar-refractivity contribution in [1.82, 2.24) is 4.90 Å². The van der Waals surface area contributed by atoms with E-state index in [1.165, 1.54) is 24.6 Å². The fourth-order valence-electron chi connectivity index (χ4n) is 4.10. The van der Waals surface area contributed by atoms with E-state index in [9.17, 15) is 9.59 Å². The van der Waals surface area contributed by atoms with Crippen LogP contribution >= 0.6 is 11.8 Å². The van der Waals surface area contributed by atoms with Crippen molar-refractivity contribution in [2.24, 2.45) is 4.99 Å². The standard InChI is InChI=1S/C31H35N3O4S/c1-3-4-5-9-20-38-27-18-14-25(15-19-27)32-30(36)28-21-29(35)34(22-23-12-16-26(37-2)17-13-23)31(39-28)33-24-10-7-6-8-11-24/h6-8,10-19,28H,3-5,9,20-22H2,1-2H3,(H,32,36). The van der Waals surface area contributed by atoms with Crippen molar-refractivity contribution in [3.63, 3.8) is 0 Å². The third-order valence-corrected chi connectivity index (χ3v) is 7.49. The summed E-state index contributed by atoms with van der Waals surface area (Å²) < 4.78 is 11.0. The van der Waals surface area contributed by atoms with Crippen molar-refractivity contribution in [2.45, 2.75) is 50.8 Å². The number of nitrogens with one attached hydrogen (secondary N) is 1. The van der Waals surface area contributed by atoms with Crippen LogP contribution < -0.4 is 14.8 Å². The SMILES string of the molecule is CCCCCCOc1ccc(NC(=O)C2CC(=O)N(Cc3ccc(OC)cc3)C(=Nc3ccccc3)S2)cc1. The van der Waals surface area contributed by atoms with Gasteiger partial charge in [0.2, 0.25) is 11.8 Å². The number of para-hydroxylation sites is 1. The molecule has 8 heteroatoms. The second kappa shape index (κ2) is 14.4. The number of nitrogens with zero attached hydrogens (tertiary/aromatic N) is 2. The topological polar surface area (TPSA) is 80.2 Å². The number of benzene rings is 3. The van der Waals surface area contributed by atoms with Gasteiger partial charge in [0.15, 0.2) is 5.17 Å². The van der Waals surface area contributed by atoms with Gasteiger partial charge < -0.3 is 14.8 Å². The highest BCUT2D eigenvalue weighted by Crippen LogP contribution is 2.31. The summed E-state index contributed by atoms with van der Waals surface area (Å²) in [6.07, 6.45) is 4.68. The minimum Gasteiger partial charge on any atom is -0.497 e. The van der Waals surface area contributed by atoms with E-state index in [4.69, 9.17) is 14.5 Å². The first-order valence-corrected chi connectivity index (χ1v) is 14.2. The number of ether oxygens (including phenoxy) is 2. The number of unbranched alkanes of at least 4 members (excludes halogenated alkanes) is 3. The van der Waals surface area contributed by atoms with Gasteiger partial charge >= 0.3 is 0 Å². The lowest BCUT2D eigenvalue weighted by molar-refractivity contribution is -0.129. The molecule has 0 spiro atoms. The Balaban J connectivity index is 1.43. The largest absolute Gasteiger partial charge is 0.497 e. The molecule has 3 aromatic rings. The molecule has 0 saturated carbocycles. The quantitative estimate of drug-likeness (QED) is 0.253. The maximum atomic E-state index is 13.3. The molecule has 0 aliphatic carbocycles. The number of anilines is 1. The number of aliphatic imine (C=N–C) groups is 1. The molecule has 1 heterocycles. The van der Waals surface area contributed by atoms with Crippen molar-refractivity contribution >= 4 is 40.1 Å². The van der Waals surface area contributed by atoms with Gasteiger partial charge in [0.1, 0.15) is 16.7 Å². The smallest absolute Gasteiger partial charge is 0.238 e. The third-order valence-electron chi connectivity index (χ3n) is 6.30. The van der Waals surface area contributed by atoms with Crippen molar-refractivity contribution in [3.8, 4) is 11.5 Å². The van der Waals surface area contributed by atoms with Gasteiger partial charge in [-0.3, -0.25) is 14.5 Å². The van der Waals surface area contributed by atoms with E-state index in [0.717, 1.165) is 35.6 Å². The number of hydrogen-bond acceptors (Lipinski definition) is 6. The van der Waals surface area contributed by atoms with Gasteiger partial charge in [-0.15, -0.1) is 0 Å². The average Bonchev–Trinajstić information content (AvgIpc) is 2.96. The molecule has 1 N–H and O–H groups in total. The summed E-state index contributed by atoms with van der Waals surface area (Å²) in [6.45, 7) is 3.23. The van der Waals surface area contributed by atoms with Gasteiger partial charge in [0, 0.05) is 12.1 Å². The minimum atomic E-state index is -0.596. The predicted octanol–water partition coefficient (Wildman–Crippen LogP) is 6.81. The molecule has 1 atom stereocenters. The number of hydrogen-bond donors (Lipinski definition) is 1. The molecule has 39 heavy (non-hydrogen) atoms. The first-order chi connectivity index (χ1) is 19.1. The number of carbonyl (C=O) groups excluding carboxylic acids is 2. The maximum absolute atomic E-state index is 13.3. The van der Waals surface area contributed by atoms with E-state index in [2.05, 4.69) is 12.2 Å². The number of carbonyl (C=O) groups is 2. The average molecular weight is 546 g/mol. The molecule has 2 amide bonds. The van der Waals surface area contributed by atoms with E-state index < -0.39 is 5.25 Å². The molecule has 1 saturated heterocycles. The molecule has 1 aliphatic rings. The Labute approximate surface area is 234 Å². The van der Waals surface area contributed by atoms with Crippen molar-refractivity contribution < 1.29 is 19.1 Å². The molecule has 1 aliphatic heterocycles. The van der Waals surface area contributed by atoms with Crippen LogP contribution in [0.15, 0.2) is 83.9 Å². The zero-order chi connectivity index (χ0) is 27.5. The summed E-state index contributed by atoms with van der Waals surface area (Å²) in [5.74, 6) is 1.15. The Kier molecular flexibility index (Phi) is 10.4. The Hall–Kier alpha value is -3.78. The fourth-order valence-corrected chi connectivity index (χ4v) is 5.20. The maximum Gasteiger partial charge on any atom is 0.238 e. The molecule has 0 radical (unpaired) electrons. The monoisotopic (exact) mass is 545 g/mol. The Morgan fingerprint density at radius 3 is 2.38 bits per heavy atom. The van der Waals surface area contributed by atoms with Crippen LogP contribution in [0.2, 0.25) is 0 Å². The van der Waals surface area contributed by atoms with Crippen LogP contribution in [0.25, 0.3) is 0 Å². The summed E-state index contributed by atoms with van der Waals surface area (Å²) in [4.78, 5) is 32.9. The molecule has 3 aromatic carbocycles. The number of methoxy groups -OCH3 is 1. The van der Waals surface area contributed by atoms with Crippen LogP contribution in [0.5, 0.6) is 11.5 Å². The molecule has 4 rings (SSSR count). The fraction of sp³-hybridized carbons (Fsp3) is 0.323. The lowest BCUT2D eigenvalue weighted by Gasteiger charge is -2.32. The minimum absolute atomic E-state index is 0.0828. The van der Waals surface area contributed by atoms with Gasteiger partial charge in [0.25, 0.3) is 0 Å². The zero-order valence-electron chi connectivity index (χ0n) is 22.5. The van der Waals surface area contributed by atoms with E-state index in [1.807, 2.05) is 78.9 Å². The number of rotatable bonds is 12. The highest BCUT2D eigenvalue weighted by atomic mass is 32.2. The summed E-state index contributed by atoms with van der Waals surface area (Å²) in [6, 6.07) is 24.4. The van der Waals surface area contributed by atoms with E-state index >= 15 is 0 Å². The van der Waals surface area contributed by atoms with Crippen molar-refractivity contribution in [2.75, 3.05) is 19.0 Å². The van der Waals surface area contributed by atoms with Crippen LogP contribution in [0, 0.1) is 0 Å². The molecular formula is C31H35N3O4S.